The fraction of sp³-hybridized carbons (Fsp3) is 0.368. The maximum Gasteiger partial charge on any atom is 0.0364 e. The van der Waals surface area contributed by atoms with Crippen LogP contribution in [0.4, 0.5) is 5.69 Å². The lowest BCUT2D eigenvalue weighted by Crippen LogP contribution is -2.09. The Morgan fingerprint density at radius 1 is 0.950 bits per heavy atom. The highest BCUT2D eigenvalue weighted by molar-refractivity contribution is 5.80. The van der Waals surface area contributed by atoms with Crippen LogP contribution in [0, 0.1) is 0 Å². The van der Waals surface area contributed by atoms with Crippen molar-refractivity contribution in [2.75, 3.05) is 19.0 Å². The zero-order valence-corrected chi connectivity index (χ0v) is 12.7. The minimum atomic E-state index is 0.584. The molecule has 1 heteroatoms. The van der Waals surface area contributed by atoms with Gasteiger partial charge in [0.15, 0.2) is 0 Å². The number of hydrogen-bond acceptors (Lipinski definition) is 1. The van der Waals surface area contributed by atoms with Gasteiger partial charge in [0.05, 0.1) is 0 Å². The Kier molecular flexibility index (Phi) is 3.52. The molecule has 0 heterocycles. The van der Waals surface area contributed by atoms with E-state index in [1.807, 2.05) is 0 Å². The van der Waals surface area contributed by atoms with Gasteiger partial charge in [-0.3, -0.25) is 0 Å². The predicted octanol–water partition coefficient (Wildman–Crippen LogP) is 5.06. The minimum Gasteiger partial charge on any atom is -0.378 e. The molecule has 0 amide bonds. The second-order valence-electron chi connectivity index (χ2n) is 5.95. The van der Waals surface area contributed by atoms with Crippen LogP contribution in [0.25, 0.3) is 11.1 Å². The number of hydrogen-bond donors (Lipinski definition) is 0. The van der Waals surface area contributed by atoms with Gasteiger partial charge in [-0.2, -0.15) is 0 Å². The maximum absolute atomic E-state index is 2.38. The van der Waals surface area contributed by atoms with E-state index in [1.54, 1.807) is 0 Å². The van der Waals surface area contributed by atoms with Crippen LogP contribution in [0.5, 0.6) is 0 Å². The number of unbranched alkanes of at least 4 members (excludes halogenated alkanes) is 1. The zero-order chi connectivity index (χ0) is 14.1. The van der Waals surface area contributed by atoms with E-state index in [0.717, 1.165) is 0 Å². The van der Waals surface area contributed by atoms with Crippen LogP contribution in [0.3, 0.4) is 0 Å². The van der Waals surface area contributed by atoms with E-state index in [2.05, 4.69) is 68.4 Å². The predicted molar refractivity (Wildman–Crippen MR) is 87.6 cm³/mol. The van der Waals surface area contributed by atoms with Gasteiger partial charge in [0.25, 0.3) is 0 Å². The maximum atomic E-state index is 2.38. The molecule has 1 unspecified atom stereocenters. The summed E-state index contributed by atoms with van der Waals surface area (Å²) >= 11 is 0. The highest BCUT2D eigenvalue weighted by Crippen LogP contribution is 2.47. The molecule has 0 fully saturated rings. The fourth-order valence-corrected chi connectivity index (χ4v) is 3.29. The first kappa shape index (κ1) is 13.2. The monoisotopic (exact) mass is 265 g/mol. The summed E-state index contributed by atoms with van der Waals surface area (Å²) in [5.41, 5.74) is 7.22. The molecule has 0 saturated heterocycles. The summed E-state index contributed by atoms with van der Waals surface area (Å²) < 4.78 is 0. The lowest BCUT2D eigenvalue weighted by molar-refractivity contribution is 0.659. The van der Waals surface area contributed by atoms with E-state index in [0.29, 0.717) is 5.92 Å². The van der Waals surface area contributed by atoms with Crippen LogP contribution in [-0.2, 0) is 0 Å². The van der Waals surface area contributed by atoms with Crippen molar-refractivity contribution in [1.29, 1.82) is 0 Å². The van der Waals surface area contributed by atoms with Gasteiger partial charge < -0.3 is 4.90 Å². The Morgan fingerprint density at radius 3 is 2.45 bits per heavy atom. The molecule has 1 aliphatic rings. The van der Waals surface area contributed by atoms with Crippen molar-refractivity contribution < 1.29 is 0 Å². The lowest BCUT2D eigenvalue weighted by Gasteiger charge is -2.17. The molecule has 104 valence electrons. The van der Waals surface area contributed by atoms with E-state index < -0.39 is 0 Å². The van der Waals surface area contributed by atoms with E-state index in [9.17, 15) is 0 Å². The van der Waals surface area contributed by atoms with E-state index in [-0.39, 0.29) is 0 Å². The molecule has 3 rings (SSSR count). The van der Waals surface area contributed by atoms with Gasteiger partial charge in [-0.1, -0.05) is 50.1 Å². The van der Waals surface area contributed by atoms with Crippen molar-refractivity contribution in [2.45, 2.75) is 32.1 Å². The quantitative estimate of drug-likeness (QED) is 0.747. The largest absolute Gasteiger partial charge is 0.378 e. The Bertz CT molecular complexity index is 613. The Balaban J connectivity index is 2.10. The third-order valence-corrected chi connectivity index (χ3v) is 4.40. The molecule has 0 spiro atoms. The summed E-state index contributed by atoms with van der Waals surface area (Å²) in [7, 11) is 4.23. The molecule has 0 aromatic heterocycles. The first-order chi connectivity index (χ1) is 9.72. The van der Waals surface area contributed by atoms with E-state index in [4.69, 9.17) is 0 Å². The van der Waals surface area contributed by atoms with Crippen LogP contribution < -0.4 is 4.90 Å². The molecule has 0 radical (unpaired) electrons. The molecule has 2 aromatic rings. The Morgan fingerprint density at radius 2 is 1.70 bits per heavy atom. The first-order valence-electron chi connectivity index (χ1n) is 7.63. The van der Waals surface area contributed by atoms with Gasteiger partial charge >= 0.3 is 0 Å². The smallest absolute Gasteiger partial charge is 0.0364 e. The van der Waals surface area contributed by atoms with Crippen LogP contribution in [0.1, 0.15) is 43.2 Å². The minimum absolute atomic E-state index is 0.584. The van der Waals surface area contributed by atoms with Gasteiger partial charge in [-0.15, -0.1) is 0 Å². The van der Waals surface area contributed by atoms with Gasteiger partial charge in [-0.05, 0) is 40.8 Å². The van der Waals surface area contributed by atoms with Crippen LogP contribution >= 0.6 is 0 Å². The van der Waals surface area contributed by atoms with Crippen molar-refractivity contribution >= 4 is 5.69 Å². The van der Waals surface area contributed by atoms with Crippen molar-refractivity contribution in [3.05, 3.63) is 53.6 Å². The third kappa shape index (κ3) is 2.11. The fourth-order valence-electron chi connectivity index (χ4n) is 3.29. The number of anilines is 1. The number of nitrogens with zero attached hydrogens (tertiary/aromatic N) is 1. The number of benzene rings is 2. The van der Waals surface area contributed by atoms with Crippen LogP contribution in [0.15, 0.2) is 42.5 Å². The molecule has 20 heavy (non-hydrogen) atoms. The summed E-state index contributed by atoms with van der Waals surface area (Å²) in [5, 5.41) is 0. The molecular weight excluding hydrogens is 242 g/mol. The van der Waals surface area contributed by atoms with Gasteiger partial charge in [0.1, 0.15) is 0 Å². The molecular formula is C19H23N. The molecule has 0 aliphatic heterocycles. The Labute approximate surface area is 122 Å². The molecule has 0 bridgehead atoms. The SMILES string of the molecule is CCCCC1c2ccccc2-c2ccc(N(C)C)cc21. The summed E-state index contributed by atoms with van der Waals surface area (Å²) in [4.78, 5) is 2.19. The summed E-state index contributed by atoms with van der Waals surface area (Å²) in [6, 6.07) is 15.8. The van der Waals surface area contributed by atoms with Gasteiger partial charge in [0, 0.05) is 25.7 Å². The van der Waals surface area contributed by atoms with Gasteiger partial charge in [0.2, 0.25) is 0 Å². The third-order valence-electron chi connectivity index (χ3n) is 4.40. The van der Waals surface area contributed by atoms with Crippen molar-refractivity contribution in [1.82, 2.24) is 0 Å². The topological polar surface area (TPSA) is 3.24 Å². The van der Waals surface area contributed by atoms with Crippen molar-refractivity contribution in [3.63, 3.8) is 0 Å². The molecule has 0 saturated carbocycles. The van der Waals surface area contributed by atoms with Crippen molar-refractivity contribution in [2.24, 2.45) is 0 Å². The normalized spacial score (nSPS) is 15.8. The van der Waals surface area contributed by atoms with E-state index >= 15 is 0 Å². The van der Waals surface area contributed by atoms with Crippen molar-refractivity contribution in [3.8, 4) is 11.1 Å². The second kappa shape index (κ2) is 5.32. The highest BCUT2D eigenvalue weighted by atomic mass is 15.1. The lowest BCUT2D eigenvalue weighted by atomic mass is 9.91. The number of fused-ring (bicyclic) bond motifs is 3. The zero-order valence-electron chi connectivity index (χ0n) is 12.7. The van der Waals surface area contributed by atoms with Gasteiger partial charge in [-0.25, -0.2) is 0 Å². The summed E-state index contributed by atoms with van der Waals surface area (Å²) in [6.45, 7) is 2.28. The molecule has 1 atom stereocenters. The average Bonchev–Trinajstić information content (AvgIpc) is 2.78. The molecule has 1 aliphatic carbocycles. The summed E-state index contributed by atoms with van der Waals surface area (Å²) in [6.07, 6.45) is 3.82. The van der Waals surface area contributed by atoms with Crippen LogP contribution in [-0.4, -0.2) is 14.1 Å². The van der Waals surface area contributed by atoms with Crippen LogP contribution in [0.2, 0.25) is 0 Å². The summed E-state index contributed by atoms with van der Waals surface area (Å²) in [5.74, 6) is 0.584. The average molecular weight is 265 g/mol. The Hall–Kier alpha value is -1.76. The highest BCUT2D eigenvalue weighted by Gasteiger charge is 2.28. The standard InChI is InChI=1S/C19H23N/c1-4-5-8-17-15-9-6-7-10-16(15)18-12-11-14(20(2)3)13-19(17)18/h6-7,9-13,17H,4-5,8H2,1-3H3. The molecule has 2 aromatic carbocycles. The molecule has 1 nitrogen and oxygen atoms in total. The molecule has 0 N–H and O–H groups in total. The van der Waals surface area contributed by atoms with E-state index in [1.165, 1.54) is 47.2 Å². The number of rotatable bonds is 4. The first-order valence-corrected chi connectivity index (χ1v) is 7.63. The second-order valence-corrected chi connectivity index (χ2v) is 5.95.